The summed E-state index contributed by atoms with van der Waals surface area (Å²) in [6.07, 6.45) is 28.9. The van der Waals surface area contributed by atoms with E-state index >= 15 is 0 Å². The van der Waals surface area contributed by atoms with Crippen molar-refractivity contribution in [3.8, 4) is 0 Å². The van der Waals surface area contributed by atoms with E-state index in [2.05, 4.69) is 41.5 Å². The summed E-state index contributed by atoms with van der Waals surface area (Å²) in [5.41, 5.74) is 0. The van der Waals surface area contributed by atoms with Crippen molar-refractivity contribution in [3.05, 3.63) is 0 Å². The van der Waals surface area contributed by atoms with Gasteiger partial charge >= 0.3 is 0 Å². The molecule has 0 heteroatoms. The van der Waals surface area contributed by atoms with E-state index in [4.69, 9.17) is 0 Å². The molecule has 0 aromatic rings. The molecule has 0 heterocycles. The van der Waals surface area contributed by atoms with Crippen molar-refractivity contribution in [1.29, 1.82) is 0 Å². The first-order valence-electron chi connectivity index (χ1n) is 14.6. The van der Waals surface area contributed by atoms with Gasteiger partial charge < -0.3 is 0 Å². The van der Waals surface area contributed by atoms with Gasteiger partial charge in [0.2, 0.25) is 0 Å². The Balaban J connectivity index is 4.59. The van der Waals surface area contributed by atoms with Gasteiger partial charge in [0, 0.05) is 0 Å². The maximum atomic E-state index is 2.63. The third-order valence-electron chi connectivity index (χ3n) is 8.01. The van der Waals surface area contributed by atoms with Gasteiger partial charge in [0.25, 0.3) is 0 Å². The zero-order valence-corrected chi connectivity index (χ0v) is 22.5. The summed E-state index contributed by atoms with van der Waals surface area (Å²) in [6, 6.07) is 0. The molecule has 0 bridgehead atoms. The summed E-state index contributed by atoms with van der Waals surface area (Å²) in [5.74, 6) is 3.76. The molecule has 0 nitrogen and oxygen atoms in total. The third-order valence-corrected chi connectivity index (χ3v) is 8.01. The molecular formula is C30H62. The van der Waals surface area contributed by atoms with Gasteiger partial charge in [-0.15, -0.1) is 0 Å². The van der Waals surface area contributed by atoms with E-state index in [0.717, 1.165) is 23.7 Å². The largest absolute Gasteiger partial charge is 0.0654 e. The monoisotopic (exact) mass is 422 g/mol. The van der Waals surface area contributed by atoms with Gasteiger partial charge in [0.15, 0.2) is 0 Å². The SMILES string of the molecule is CCCCCCCCC(C)C(CCCCCCC)C(C)C(CC)CCCCCCC. The molecule has 0 radical (unpaired) electrons. The summed E-state index contributed by atoms with van der Waals surface area (Å²) in [6.45, 7) is 14.7. The van der Waals surface area contributed by atoms with E-state index in [1.807, 2.05) is 0 Å². The van der Waals surface area contributed by atoms with Crippen LogP contribution in [0.1, 0.15) is 170 Å². The van der Waals surface area contributed by atoms with Crippen molar-refractivity contribution in [3.63, 3.8) is 0 Å². The minimum atomic E-state index is 0.919. The summed E-state index contributed by atoms with van der Waals surface area (Å²) in [4.78, 5) is 0. The lowest BCUT2D eigenvalue weighted by Gasteiger charge is -2.35. The summed E-state index contributed by atoms with van der Waals surface area (Å²) in [5, 5.41) is 0. The maximum absolute atomic E-state index is 2.63. The summed E-state index contributed by atoms with van der Waals surface area (Å²) < 4.78 is 0. The smallest absolute Gasteiger partial charge is 0.0360 e. The minimum Gasteiger partial charge on any atom is -0.0654 e. The fourth-order valence-corrected chi connectivity index (χ4v) is 5.71. The summed E-state index contributed by atoms with van der Waals surface area (Å²) >= 11 is 0. The van der Waals surface area contributed by atoms with E-state index in [1.165, 1.54) is 128 Å². The van der Waals surface area contributed by atoms with Gasteiger partial charge in [-0.3, -0.25) is 0 Å². The van der Waals surface area contributed by atoms with Crippen LogP contribution in [0.3, 0.4) is 0 Å². The highest BCUT2D eigenvalue weighted by atomic mass is 14.3. The van der Waals surface area contributed by atoms with E-state index < -0.39 is 0 Å². The number of unbranched alkanes of at least 4 members (excludes halogenated alkanes) is 13. The molecule has 30 heavy (non-hydrogen) atoms. The van der Waals surface area contributed by atoms with Gasteiger partial charge in [-0.25, -0.2) is 0 Å². The fourth-order valence-electron chi connectivity index (χ4n) is 5.71. The molecule has 0 amide bonds. The predicted molar refractivity (Wildman–Crippen MR) is 140 cm³/mol. The normalized spacial score (nSPS) is 15.8. The Labute approximate surface area is 193 Å². The average Bonchev–Trinajstić information content (AvgIpc) is 2.75. The molecule has 0 aromatic heterocycles. The van der Waals surface area contributed by atoms with Crippen molar-refractivity contribution >= 4 is 0 Å². The van der Waals surface area contributed by atoms with Gasteiger partial charge in [-0.1, -0.05) is 164 Å². The molecule has 4 unspecified atom stereocenters. The molecule has 0 aliphatic rings. The lowest BCUT2D eigenvalue weighted by molar-refractivity contribution is 0.149. The lowest BCUT2D eigenvalue weighted by atomic mass is 9.70. The zero-order valence-electron chi connectivity index (χ0n) is 22.5. The van der Waals surface area contributed by atoms with Crippen molar-refractivity contribution in [1.82, 2.24) is 0 Å². The lowest BCUT2D eigenvalue weighted by Crippen LogP contribution is -2.26. The molecule has 0 N–H and O–H groups in total. The molecule has 0 fully saturated rings. The van der Waals surface area contributed by atoms with Crippen LogP contribution in [0.25, 0.3) is 0 Å². The van der Waals surface area contributed by atoms with Gasteiger partial charge in [-0.05, 0) is 30.1 Å². The van der Waals surface area contributed by atoms with Crippen LogP contribution < -0.4 is 0 Å². The van der Waals surface area contributed by atoms with Crippen molar-refractivity contribution in [2.45, 2.75) is 170 Å². The number of hydrogen-bond acceptors (Lipinski definition) is 0. The average molecular weight is 423 g/mol. The topological polar surface area (TPSA) is 0 Å². The van der Waals surface area contributed by atoms with Crippen LogP contribution in [0.4, 0.5) is 0 Å². The molecule has 0 aliphatic heterocycles. The predicted octanol–water partition coefficient (Wildman–Crippen LogP) is 11.4. The highest BCUT2D eigenvalue weighted by Gasteiger charge is 2.28. The second kappa shape index (κ2) is 22.2. The summed E-state index contributed by atoms with van der Waals surface area (Å²) in [7, 11) is 0. The molecule has 182 valence electrons. The Kier molecular flexibility index (Phi) is 22.2. The molecule has 0 aromatic carbocycles. The number of hydrogen-bond donors (Lipinski definition) is 0. The Morgan fingerprint density at radius 1 is 0.433 bits per heavy atom. The van der Waals surface area contributed by atoms with Crippen molar-refractivity contribution < 1.29 is 0 Å². The Bertz CT molecular complexity index is 320. The Morgan fingerprint density at radius 2 is 0.833 bits per heavy atom. The van der Waals surface area contributed by atoms with Crippen LogP contribution in [0.2, 0.25) is 0 Å². The van der Waals surface area contributed by atoms with E-state index in [-0.39, 0.29) is 0 Å². The van der Waals surface area contributed by atoms with Crippen LogP contribution in [0.15, 0.2) is 0 Å². The minimum absolute atomic E-state index is 0.919. The standard InChI is InChI=1S/C30H62/c1-7-11-14-17-20-21-24-27(5)30(26-23-19-16-13-9-3)28(6)29(10-4)25-22-18-15-12-8-2/h27-30H,7-26H2,1-6H3. The van der Waals surface area contributed by atoms with Crippen molar-refractivity contribution in [2.75, 3.05) is 0 Å². The highest BCUT2D eigenvalue weighted by molar-refractivity contribution is 4.78. The molecule has 4 atom stereocenters. The highest BCUT2D eigenvalue weighted by Crippen LogP contribution is 2.37. The van der Waals surface area contributed by atoms with Crippen LogP contribution in [0.5, 0.6) is 0 Å². The second-order valence-electron chi connectivity index (χ2n) is 10.6. The first-order valence-corrected chi connectivity index (χ1v) is 14.6. The quantitative estimate of drug-likeness (QED) is 0.144. The molecule has 0 aliphatic carbocycles. The van der Waals surface area contributed by atoms with Gasteiger partial charge in [0.1, 0.15) is 0 Å². The molecular weight excluding hydrogens is 360 g/mol. The Hall–Kier alpha value is 0. The molecule has 0 rings (SSSR count). The van der Waals surface area contributed by atoms with Crippen LogP contribution in [0, 0.1) is 23.7 Å². The van der Waals surface area contributed by atoms with Gasteiger partial charge in [0.05, 0.1) is 0 Å². The van der Waals surface area contributed by atoms with Crippen LogP contribution in [-0.4, -0.2) is 0 Å². The van der Waals surface area contributed by atoms with E-state index in [1.54, 1.807) is 0 Å². The van der Waals surface area contributed by atoms with Crippen LogP contribution in [-0.2, 0) is 0 Å². The fraction of sp³-hybridized carbons (Fsp3) is 1.00. The molecule has 0 saturated carbocycles. The van der Waals surface area contributed by atoms with E-state index in [9.17, 15) is 0 Å². The molecule has 0 spiro atoms. The first-order chi connectivity index (χ1) is 14.6. The molecule has 0 saturated heterocycles. The maximum Gasteiger partial charge on any atom is -0.0360 e. The van der Waals surface area contributed by atoms with Gasteiger partial charge in [-0.2, -0.15) is 0 Å². The number of rotatable bonds is 23. The first kappa shape index (κ1) is 30.0. The zero-order chi connectivity index (χ0) is 22.5. The Morgan fingerprint density at radius 3 is 1.30 bits per heavy atom. The third kappa shape index (κ3) is 15.8. The second-order valence-corrected chi connectivity index (χ2v) is 10.6. The van der Waals surface area contributed by atoms with E-state index in [0.29, 0.717) is 0 Å². The van der Waals surface area contributed by atoms with Crippen molar-refractivity contribution in [2.24, 2.45) is 23.7 Å². The van der Waals surface area contributed by atoms with Crippen LogP contribution >= 0.6 is 0 Å².